The molecule has 17 heavy (non-hydrogen) atoms. The Morgan fingerprint density at radius 1 is 1.41 bits per heavy atom. The van der Waals surface area contributed by atoms with E-state index in [1.54, 1.807) is 6.07 Å². The van der Waals surface area contributed by atoms with Gasteiger partial charge in [-0.1, -0.05) is 0 Å². The van der Waals surface area contributed by atoms with E-state index in [0.717, 1.165) is 6.42 Å². The fourth-order valence-corrected chi connectivity index (χ4v) is 1.41. The lowest BCUT2D eigenvalue weighted by Gasteiger charge is -2.06. The molecule has 4 nitrogen and oxygen atoms in total. The molecule has 0 radical (unpaired) electrons. The average molecular weight is 235 g/mol. The Hall–Kier alpha value is -2.09. The van der Waals surface area contributed by atoms with Crippen molar-refractivity contribution in [1.29, 1.82) is 5.26 Å². The molecule has 0 aliphatic carbocycles. The van der Waals surface area contributed by atoms with Gasteiger partial charge in [-0.3, -0.25) is 4.79 Å². The molecule has 5 heteroatoms. The summed E-state index contributed by atoms with van der Waals surface area (Å²) in [4.78, 5) is 10.5. The van der Waals surface area contributed by atoms with Crippen molar-refractivity contribution in [1.82, 2.24) is 0 Å². The number of hydrogen-bond acceptors (Lipinski definition) is 3. The second kappa shape index (κ2) is 6.48. The Labute approximate surface area is 99.2 Å². The number of nitrogens with zero attached hydrogens (tertiary/aromatic N) is 1. The number of nitrogens with one attached hydrogen (secondary N) is 1. The summed E-state index contributed by atoms with van der Waals surface area (Å²) in [6, 6.07) is 5.97. The van der Waals surface area contributed by atoms with Crippen LogP contribution in [0.3, 0.4) is 0 Å². The molecule has 0 aliphatic rings. The number of unbranched alkanes of at least 4 members (excludes halogenated alkanes) is 1. The molecule has 0 atom stereocenters. The molecule has 1 aromatic rings. The van der Waals surface area contributed by atoms with Crippen LogP contribution in [-0.2, 0) is 4.79 Å². The number of nitrogens with two attached hydrogens (primary N) is 1. The van der Waals surface area contributed by atoms with Crippen molar-refractivity contribution in [2.24, 2.45) is 5.73 Å². The van der Waals surface area contributed by atoms with Gasteiger partial charge in [-0.25, -0.2) is 4.39 Å². The molecule has 0 aromatic heterocycles. The number of amides is 1. The minimum atomic E-state index is -0.441. The van der Waals surface area contributed by atoms with E-state index in [1.807, 2.05) is 6.07 Å². The van der Waals surface area contributed by atoms with Crippen molar-refractivity contribution in [2.75, 3.05) is 11.9 Å². The molecule has 0 heterocycles. The van der Waals surface area contributed by atoms with Crippen molar-refractivity contribution in [3.63, 3.8) is 0 Å². The molecule has 0 saturated heterocycles. The molecule has 1 aromatic carbocycles. The monoisotopic (exact) mass is 235 g/mol. The Balaban J connectivity index is 2.39. The smallest absolute Gasteiger partial charge is 0.217 e. The van der Waals surface area contributed by atoms with Crippen LogP contribution >= 0.6 is 0 Å². The zero-order valence-electron chi connectivity index (χ0n) is 9.37. The van der Waals surface area contributed by atoms with E-state index in [-0.39, 0.29) is 11.5 Å². The third kappa shape index (κ3) is 4.98. The summed E-state index contributed by atoms with van der Waals surface area (Å²) in [7, 11) is 0. The second-order valence-corrected chi connectivity index (χ2v) is 3.69. The highest BCUT2D eigenvalue weighted by Crippen LogP contribution is 2.13. The Morgan fingerprint density at radius 2 is 2.18 bits per heavy atom. The molecule has 1 amide bonds. The summed E-state index contributed by atoms with van der Waals surface area (Å²) >= 11 is 0. The van der Waals surface area contributed by atoms with E-state index < -0.39 is 5.82 Å². The van der Waals surface area contributed by atoms with Gasteiger partial charge < -0.3 is 11.1 Å². The molecule has 0 spiro atoms. The summed E-state index contributed by atoms with van der Waals surface area (Å²) in [6.45, 7) is 0.613. The molecule has 0 aliphatic heterocycles. The normalized spacial score (nSPS) is 9.65. The highest BCUT2D eigenvalue weighted by molar-refractivity contribution is 5.73. The van der Waals surface area contributed by atoms with E-state index in [0.29, 0.717) is 25.1 Å². The number of carbonyl (C=O) groups excluding carboxylic acids is 1. The standard InChI is InChI=1S/C12H14FN3O/c13-10-5-9(8-14)6-11(7-10)16-4-2-1-3-12(15)17/h5-7,16H,1-4H2,(H2,15,17). The molecule has 0 fully saturated rings. The first-order chi connectivity index (χ1) is 8.11. The first kappa shape index (κ1) is 13.0. The summed E-state index contributed by atoms with van der Waals surface area (Å²) in [6.07, 6.45) is 1.82. The molecule has 1 rings (SSSR count). The van der Waals surface area contributed by atoms with E-state index in [2.05, 4.69) is 5.32 Å². The number of hydrogen-bond donors (Lipinski definition) is 2. The van der Waals surface area contributed by atoms with Gasteiger partial charge in [0.25, 0.3) is 0 Å². The maximum absolute atomic E-state index is 13.0. The average Bonchev–Trinajstić information content (AvgIpc) is 2.27. The summed E-state index contributed by atoms with van der Waals surface area (Å²) in [5.74, 6) is -0.758. The SMILES string of the molecule is N#Cc1cc(F)cc(NCCCCC(N)=O)c1. The molecule has 0 saturated carbocycles. The van der Waals surface area contributed by atoms with Gasteiger partial charge in [0.15, 0.2) is 0 Å². The highest BCUT2D eigenvalue weighted by Gasteiger charge is 2.00. The first-order valence-corrected chi connectivity index (χ1v) is 5.34. The number of anilines is 1. The van der Waals surface area contributed by atoms with E-state index in [4.69, 9.17) is 11.0 Å². The third-order valence-corrected chi connectivity index (χ3v) is 2.21. The van der Waals surface area contributed by atoms with Crippen molar-refractivity contribution >= 4 is 11.6 Å². The number of carbonyl (C=O) groups is 1. The maximum atomic E-state index is 13.0. The van der Waals surface area contributed by atoms with Gasteiger partial charge in [-0.2, -0.15) is 5.26 Å². The second-order valence-electron chi connectivity index (χ2n) is 3.69. The lowest BCUT2D eigenvalue weighted by Crippen LogP contribution is -2.11. The lowest BCUT2D eigenvalue weighted by atomic mass is 10.2. The Bertz CT molecular complexity index is 440. The first-order valence-electron chi connectivity index (χ1n) is 5.34. The van der Waals surface area contributed by atoms with Gasteiger partial charge in [0, 0.05) is 18.7 Å². The van der Waals surface area contributed by atoms with Crippen LogP contribution in [0, 0.1) is 17.1 Å². The number of rotatable bonds is 6. The van der Waals surface area contributed by atoms with Gasteiger partial charge in [0.2, 0.25) is 5.91 Å². The minimum Gasteiger partial charge on any atom is -0.385 e. The van der Waals surface area contributed by atoms with Crippen LogP contribution in [0.15, 0.2) is 18.2 Å². The van der Waals surface area contributed by atoms with Gasteiger partial charge in [-0.05, 0) is 31.0 Å². The largest absolute Gasteiger partial charge is 0.385 e. The number of primary amides is 1. The number of halogens is 1. The zero-order chi connectivity index (χ0) is 12.7. The lowest BCUT2D eigenvalue weighted by molar-refractivity contribution is -0.118. The van der Waals surface area contributed by atoms with E-state index >= 15 is 0 Å². The van der Waals surface area contributed by atoms with Crippen LogP contribution in [0.25, 0.3) is 0 Å². The van der Waals surface area contributed by atoms with Crippen LogP contribution < -0.4 is 11.1 Å². The van der Waals surface area contributed by atoms with Crippen molar-refractivity contribution in [3.05, 3.63) is 29.6 Å². The van der Waals surface area contributed by atoms with Crippen LogP contribution in [0.5, 0.6) is 0 Å². The molecular weight excluding hydrogens is 221 g/mol. The zero-order valence-corrected chi connectivity index (χ0v) is 9.37. The minimum absolute atomic E-state index is 0.282. The molecular formula is C12H14FN3O. The predicted octanol–water partition coefficient (Wildman–Crippen LogP) is 1.76. The van der Waals surface area contributed by atoms with E-state index in [1.165, 1.54) is 12.1 Å². The summed E-state index contributed by atoms with van der Waals surface area (Å²) in [5.41, 5.74) is 5.85. The molecule has 3 N–H and O–H groups in total. The van der Waals surface area contributed by atoms with Gasteiger partial charge >= 0.3 is 0 Å². The summed E-state index contributed by atoms with van der Waals surface area (Å²) < 4.78 is 13.0. The van der Waals surface area contributed by atoms with Crippen LogP contribution in [0.4, 0.5) is 10.1 Å². The van der Waals surface area contributed by atoms with Crippen molar-refractivity contribution in [3.8, 4) is 6.07 Å². The quantitative estimate of drug-likeness (QED) is 0.737. The summed E-state index contributed by atoms with van der Waals surface area (Å²) in [5, 5.41) is 11.7. The molecule has 90 valence electrons. The van der Waals surface area contributed by atoms with Crippen molar-refractivity contribution in [2.45, 2.75) is 19.3 Å². The third-order valence-electron chi connectivity index (χ3n) is 2.21. The van der Waals surface area contributed by atoms with Crippen LogP contribution in [0.2, 0.25) is 0 Å². The fraction of sp³-hybridized carbons (Fsp3) is 0.333. The molecule has 0 unspecified atom stereocenters. The fourth-order valence-electron chi connectivity index (χ4n) is 1.41. The van der Waals surface area contributed by atoms with E-state index in [9.17, 15) is 9.18 Å². The molecule has 0 bridgehead atoms. The topological polar surface area (TPSA) is 78.9 Å². The number of nitriles is 1. The van der Waals surface area contributed by atoms with Crippen LogP contribution in [-0.4, -0.2) is 12.5 Å². The Morgan fingerprint density at radius 3 is 2.82 bits per heavy atom. The van der Waals surface area contributed by atoms with Gasteiger partial charge in [-0.15, -0.1) is 0 Å². The van der Waals surface area contributed by atoms with Crippen molar-refractivity contribution < 1.29 is 9.18 Å². The van der Waals surface area contributed by atoms with Gasteiger partial charge in [0.05, 0.1) is 11.6 Å². The predicted molar refractivity (Wildman–Crippen MR) is 62.7 cm³/mol. The van der Waals surface area contributed by atoms with Gasteiger partial charge in [0.1, 0.15) is 5.82 Å². The number of benzene rings is 1. The Kier molecular flexibility index (Phi) is 4.95. The highest BCUT2D eigenvalue weighted by atomic mass is 19.1. The van der Waals surface area contributed by atoms with Crippen LogP contribution in [0.1, 0.15) is 24.8 Å². The maximum Gasteiger partial charge on any atom is 0.217 e.